The summed E-state index contributed by atoms with van der Waals surface area (Å²) in [6.07, 6.45) is 7.66. The van der Waals surface area contributed by atoms with Gasteiger partial charge in [0.25, 0.3) is 0 Å². The highest BCUT2D eigenvalue weighted by molar-refractivity contribution is 5.91. The van der Waals surface area contributed by atoms with E-state index in [0.29, 0.717) is 18.5 Å². The molecule has 2 aromatic rings. The Morgan fingerprint density at radius 3 is 2.35 bits per heavy atom. The second-order valence-corrected chi connectivity index (χ2v) is 9.24. The number of nitrogens with zero attached hydrogens (tertiary/aromatic N) is 3. The first-order valence-electron chi connectivity index (χ1n) is 11.3. The van der Waals surface area contributed by atoms with Crippen molar-refractivity contribution >= 4 is 17.7 Å². The fourth-order valence-corrected chi connectivity index (χ4v) is 4.58. The number of anilines is 2. The Morgan fingerprint density at radius 2 is 1.77 bits per heavy atom. The molecule has 0 spiro atoms. The van der Waals surface area contributed by atoms with Gasteiger partial charge >= 0.3 is 0 Å². The molecule has 1 amide bonds. The summed E-state index contributed by atoms with van der Waals surface area (Å²) >= 11 is 0. The fourth-order valence-electron chi connectivity index (χ4n) is 4.58. The van der Waals surface area contributed by atoms with Crippen molar-refractivity contribution in [2.75, 3.05) is 24.3 Å². The minimum absolute atomic E-state index is 0.182. The smallest absolute Gasteiger partial charge is 0.230 e. The number of amides is 1. The predicted molar refractivity (Wildman–Crippen MR) is 124 cm³/mol. The molecule has 7 heteroatoms. The van der Waals surface area contributed by atoms with Crippen molar-refractivity contribution in [3.8, 4) is 0 Å². The molecule has 0 radical (unpaired) electrons. The highest BCUT2D eigenvalue weighted by Gasteiger charge is 2.51. The summed E-state index contributed by atoms with van der Waals surface area (Å²) in [4.78, 5) is 24.2. The zero-order chi connectivity index (χ0) is 22.0. The molecule has 2 aliphatic carbocycles. The lowest BCUT2D eigenvalue weighted by molar-refractivity contribution is -0.124. The second-order valence-electron chi connectivity index (χ2n) is 9.24. The molecule has 0 bridgehead atoms. The molecule has 2 fully saturated rings. The van der Waals surface area contributed by atoms with Crippen molar-refractivity contribution in [1.29, 1.82) is 0 Å². The van der Waals surface area contributed by atoms with Crippen LogP contribution in [-0.2, 0) is 16.8 Å². The lowest BCUT2D eigenvalue weighted by atomic mass is 9.89. The number of hydrogen-bond donors (Lipinski definition) is 3. The van der Waals surface area contributed by atoms with Crippen LogP contribution in [0.2, 0.25) is 0 Å². The minimum atomic E-state index is -0.333. The Labute approximate surface area is 184 Å². The van der Waals surface area contributed by atoms with E-state index >= 15 is 0 Å². The summed E-state index contributed by atoms with van der Waals surface area (Å²) in [6.45, 7) is 2.55. The maximum absolute atomic E-state index is 13.1. The van der Waals surface area contributed by atoms with Crippen LogP contribution >= 0.6 is 0 Å². The minimum Gasteiger partial charge on any atom is -0.362 e. The number of benzene rings is 1. The largest absolute Gasteiger partial charge is 0.362 e. The second kappa shape index (κ2) is 8.83. The zero-order valence-electron chi connectivity index (χ0n) is 18.8. The zero-order valence-corrected chi connectivity index (χ0v) is 18.8. The van der Waals surface area contributed by atoms with Crippen LogP contribution in [-0.4, -0.2) is 42.1 Å². The van der Waals surface area contributed by atoms with Gasteiger partial charge in [-0.1, -0.05) is 24.3 Å². The summed E-state index contributed by atoms with van der Waals surface area (Å²) in [5.74, 6) is 1.80. The molecular weight excluding hydrogens is 388 g/mol. The normalized spacial score (nSPS) is 21.9. The number of nitrogens with one attached hydrogen (secondary N) is 2. The molecule has 166 valence electrons. The molecule has 0 saturated heterocycles. The van der Waals surface area contributed by atoms with E-state index in [1.165, 1.54) is 0 Å². The number of carbonyl (C=O) groups excluding carboxylic acids is 1. The van der Waals surface area contributed by atoms with Crippen LogP contribution in [0.5, 0.6) is 0 Å². The molecule has 4 N–H and O–H groups in total. The van der Waals surface area contributed by atoms with E-state index in [2.05, 4.69) is 32.7 Å². The van der Waals surface area contributed by atoms with E-state index in [0.717, 1.165) is 61.0 Å². The first-order chi connectivity index (χ1) is 14.9. The highest BCUT2D eigenvalue weighted by Crippen LogP contribution is 2.48. The van der Waals surface area contributed by atoms with Crippen molar-refractivity contribution in [3.05, 3.63) is 47.2 Å². The van der Waals surface area contributed by atoms with Crippen LogP contribution in [0.4, 0.5) is 11.8 Å². The van der Waals surface area contributed by atoms with E-state index in [1.807, 2.05) is 44.2 Å². The predicted octanol–water partition coefficient (Wildman–Crippen LogP) is 2.88. The van der Waals surface area contributed by atoms with E-state index in [9.17, 15) is 4.79 Å². The van der Waals surface area contributed by atoms with Crippen molar-refractivity contribution < 1.29 is 4.79 Å². The summed E-state index contributed by atoms with van der Waals surface area (Å²) in [5, 5.41) is 6.82. The summed E-state index contributed by atoms with van der Waals surface area (Å²) in [6, 6.07) is 8.79. The van der Waals surface area contributed by atoms with Gasteiger partial charge in [0.05, 0.1) is 5.41 Å². The van der Waals surface area contributed by atoms with Gasteiger partial charge in [0, 0.05) is 44.5 Å². The maximum atomic E-state index is 13.1. The lowest BCUT2D eigenvalue weighted by Crippen LogP contribution is -2.44. The van der Waals surface area contributed by atoms with E-state index in [4.69, 9.17) is 5.73 Å². The molecular formula is C24H34N6O. The van der Waals surface area contributed by atoms with Crippen LogP contribution in [0.1, 0.15) is 55.2 Å². The lowest BCUT2D eigenvalue weighted by Gasteiger charge is -2.31. The van der Waals surface area contributed by atoms with Gasteiger partial charge in [-0.05, 0) is 56.6 Å². The monoisotopic (exact) mass is 422 g/mol. The average Bonchev–Trinajstić information content (AvgIpc) is 3.58. The Kier molecular flexibility index (Phi) is 6.14. The highest BCUT2D eigenvalue weighted by atomic mass is 16.2. The van der Waals surface area contributed by atoms with Crippen molar-refractivity contribution in [2.45, 2.75) is 69.5 Å². The van der Waals surface area contributed by atoms with Crippen LogP contribution in [0.25, 0.3) is 0 Å². The van der Waals surface area contributed by atoms with Crippen molar-refractivity contribution in [2.24, 2.45) is 5.73 Å². The topological polar surface area (TPSA) is 96.2 Å². The number of hydrogen-bond acceptors (Lipinski definition) is 6. The van der Waals surface area contributed by atoms with E-state index in [-0.39, 0.29) is 17.4 Å². The molecule has 2 aliphatic rings. The Hall–Kier alpha value is -2.67. The molecule has 4 rings (SSSR count). The molecule has 1 heterocycles. The number of aromatic nitrogens is 2. The molecule has 2 saturated carbocycles. The SMILES string of the molecule is Cc1cnc(NC2CCC(NC(=O)C3(c4ccc(CN)cc4)CC3)CC2)nc1N(C)C. The number of rotatable bonds is 7. The fraction of sp³-hybridized carbons (Fsp3) is 0.542. The van der Waals surface area contributed by atoms with Gasteiger partial charge in [0.2, 0.25) is 11.9 Å². The van der Waals surface area contributed by atoms with Crippen LogP contribution in [0.3, 0.4) is 0 Å². The average molecular weight is 423 g/mol. The molecule has 0 unspecified atom stereocenters. The quantitative estimate of drug-likeness (QED) is 0.635. The first-order valence-corrected chi connectivity index (χ1v) is 11.3. The van der Waals surface area contributed by atoms with E-state index in [1.54, 1.807) is 0 Å². The Morgan fingerprint density at radius 1 is 1.13 bits per heavy atom. The Balaban J connectivity index is 1.30. The summed E-state index contributed by atoms with van der Waals surface area (Å²) in [5.41, 5.74) is 8.65. The van der Waals surface area contributed by atoms with E-state index < -0.39 is 0 Å². The van der Waals surface area contributed by atoms with Crippen molar-refractivity contribution in [3.63, 3.8) is 0 Å². The number of nitrogens with two attached hydrogens (primary N) is 1. The van der Waals surface area contributed by atoms with Crippen LogP contribution in [0.15, 0.2) is 30.5 Å². The molecule has 1 aromatic heterocycles. The standard InChI is InChI=1S/C24H34N6O/c1-16-15-26-23(29-21(16)30(2)3)28-20-10-8-19(9-11-20)27-22(31)24(12-13-24)18-6-4-17(14-25)5-7-18/h4-7,15,19-20H,8-14,25H2,1-3H3,(H,27,31)(H,26,28,29). The third kappa shape index (κ3) is 4.66. The molecule has 31 heavy (non-hydrogen) atoms. The Bertz CT molecular complexity index is 914. The van der Waals surface area contributed by atoms with Gasteiger partial charge in [-0.15, -0.1) is 0 Å². The van der Waals surface area contributed by atoms with Crippen LogP contribution < -0.4 is 21.3 Å². The van der Waals surface area contributed by atoms with Gasteiger partial charge < -0.3 is 21.3 Å². The third-order valence-corrected chi connectivity index (χ3v) is 6.69. The third-order valence-electron chi connectivity index (χ3n) is 6.69. The van der Waals surface area contributed by atoms with Gasteiger partial charge in [-0.3, -0.25) is 4.79 Å². The van der Waals surface area contributed by atoms with Gasteiger partial charge in [0.15, 0.2) is 0 Å². The maximum Gasteiger partial charge on any atom is 0.230 e. The molecule has 7 nitrogen and oxygen atoms in total. The van der Waals surface area contributed by atoms with Gasteiger partial charge in [-0.2, -0.15) is 4.98 Å². The number of aryl methyl sites for hydroxylation is 1. The van der Waals surface area contributed by atoms with Crippen LogP contribution in [0, 0.1) is 6.92 Å². The first kappa shape index (κ1) is 21.6. The molecule has 0 aliphatic heterocycles. The summed E-state index contributed by atoms with van der Waals surface area (Å²) < 4.78 is 0. The van der Waals surface area contributed by atoms with Gasteiger partial charge in [0.1, 0.15) is 5.82 Å². The molecule has 0 atom stereocenters. The number of carbonyl (C=O) groups is 1. The van der Waals surface area contributed by atoms with Crippen molar-refractivity contribution in [1.82, 2.24) is 15.3 Å². The van der Waals surface area contributed by atoms with Gasteiger partial charge in [-0.25, -0.2) is 4.98 Å². The summed E-state index contributed by atoms with van der Waals surface area (Å²) in [7, 11) is 3.98. The molecule has 1 aromatic carbocycles.